The zero-order chi connectivity index (χ0) is 21.7. The smallest absolute Gasteiger partial charge is 0.338 e. The predicted molar refractivity (Wildman–Crippen MR) is 112 cm³/mol. The number of rotatable bonds is 7. The van der Waals surface area contributed by atoms with E-state index in [9.17, 15) is 9.59 Å². The first kappa shape index (κ1) is 22.0. The Kier molecular flexibility index (Phi) is 7.20. The lowest BCUT2D eigenvalue weighted by molar-refractivity contribution is -0.139. The van der Waals surface area contributed by atoms with Gasteiger partial charge in [0, 0.05) is 18.3 Å². The maximum Gasteiger partial charge on any atom is 0.338 e. The molecule has 1 fully saturated rings. The largest absolute Gasteiger partial charge is 0.493 e. The number of ether oxygens (including phenoxy) is 3. The van der Waals surface area contributed by atoms with Crippen LogP contribution < -0.4 is 20.1 Å². The van der Waals surface area contributed by atoms with Crippen LogP contribution in [-0.2, 0) is 9.53 Å². The molecule has 2 aliphatic heterocycles. The van der Waals surface area contributed by atoms with Gasteiger partial charge in [0.2, 0.25) is 0 Å². The van der Waals surface area contributed by atoms with Crippen LogP contribution >= 0.6 is 0 Å². The van der Waals surface area contributed by atoms with Crippen molar-refractivity contribution in [1.29, 1.82) is 0 Å². The molecule has 2 heterocycles. The summed E-state index contributed by atoms with van der Waals surface area (Å²) in [6.07, 6.45) is 3.41. The van der Waals surface area contributed by atoms with E-state index in [2.05, 4.69) is 22.5 Å². The van der Waals surface area contributed by atoms with Gasteiger partial charge in [0.25, 0.3) is 0 Å². The molecule has 8 heteroatoms. The van der Waals surface area contributed by atoms with Gasteiger partial charge in [-0.15, -0.1) is 0 Å². The normalized spacial score (nSPS) is 22.2. The number of likely N-dealkylation sites (tertiary alicyclic amines) is 1. The highest BCUT2D eigenvalue weighted by Crippen LogP contribution is 2.35. The number of hydrogen-bond donors (Lipinski definition) is 2. The van der Waals surface area contributed by atoms with Crippen LogP contribution in [0, 0.1) is 0 Å². The third kappa shape index (κ3) is 4.70. The fourth-order valence-electron chi connectivity index (χ4n) is 4.07. The minimum absolute atomic E-state index is 0.252. The zero-order valence-corrected chi connectivity index (χ0v) is 18.1. The Bertz CT molecular complexity index is 823. The van der Waals surface area contributed by atoms with Crippen molar-refractivity contribution in [2.75, 3.05) is 33.9 Å². The van der Waals surface area contributed by atoms with Gasteiger partial charge in [0.1, 0.15) is 0 Å². The zero-order valence-electron chi connectivity index (χ0n) is 18.1. The molecule has 2 atom stereocenters. The number of esters is 1. The van der Waals surface area contributed by atoms with E-state index in [1.807, 2.05) is 6.07 Å². The van der Waals surface area contributed by atoms with Crippen molar-refractivity contribution in [3.63, 3.8) is 0 Å². The number of hydrogen-bond acceptors (Lipinski definition) is 6. The Balaban J connectivity index is 2.03. The van der Waals surface area contributed by atoms with E-state index in [0.29, 0.717) is 35.4 Å². The number of carbonyl (C=O) groups is 2. The lowest BCUT2D eigenvalue weighted by atomic mass is 9.94. The summed E-state index contributed by atoms with van der Waals surface area (Å²) in [6, 6.07) is 4.75. The van der Waals surface area contributed by atoms with Gasteiger partial charge in [-0.25, -0.2) is 9.59 Å². The Labute approximate surface area is 177 Å². The molecule has 1 aromatic rings. The monoisotopic (exact) mass is 417 g/mol. The van der Waals surface area contributed by atoms with Gasteiger partial charge < -0.3 is 24.8 Å². The number of carbonyl (C=O) groups excluding carboxylic acids is 2. The highest BCUT2D eigenvalue weighted by Gasteiger charge is 2.35. The number of urea groups is 1. The SMILES string of the molecule is CCOC(=O)C1=C(CN2CCCC[C@@H]2C)NC(=O)N[C@@H]1c1ccc(OC)c(OC)c1. The van der Waals surface area contributed by atoms with Crippen LogP contribution in [0.5, 0.6) is 11.5 Å². The van der Waals surface area contributed by atoms with Gasteiger partial charge in [0.05, 0.1) is 32.4 Å². The summed E-state index contributed by atoms with van der Waals surface area (Å²) in [6.45, 7) is 5.63. The fourth-order valence-corrected chi connectivity index (χ4v) is 4.07. The highest BCUT2D eigenvalue weighted by atomic mass is 16.5. The molecule has 2 amide bonds. The summed E-state index contributed by atoms with van der Waals surface area (Å²) in [5, 5.41) is 5.72. The molecule has 0 unspecified atom stereocenters. The van der Waals surface area contributed by atoms with Gasteiger partial charge in [-0.2, -0.15) is 0 Å². The molecule has 0 aliphatic carbocycles. The summed E-state index contributed by atoms with van der Waals surface area (Å²) >= 11 is 0. The second-order valence-electron chi connectivity index (χ2n) is 7.57. The Hall–Kier alpha value is -2.74. The molecule has 2 N–H and O–H groups in total. The highest BCUT2D eigenvalue weighted by molar-refractivity contribution is 5.95. The van der Waals surface area contributed by atoms with E-state index < -0.39 is 12.0 Å². The topological polar surface area (TPSA) is 89.1 Å². The summed E-state index contributed by atoms with van der Waals surface area (Å²) < 4.78 is 16.1. The predicted octanol–water partition coefficient (Wildman–Crippen LogP) is 2.75. The minimum atomic E-state index is -0.646. The number of nitrogens with one attached hydrogen (secondary N) is 2. The van der Waals surface area contributed by atoms with Crippen LogP contribution in [0.25, 0.3) is 0 Å². The van der Waals surface area contributed by atoms with E-state index in [1.165, 1.54) is 6.42 Å². The van der Waals surface area contributed by atoms with Gasteiger partial charge >= 0.3 is 12.0 Å². The van der Waals surface area contributed by atoms with E-state index in [-0.39, 0.29) is 12.6 Å². The van der Waals surface area contributed by atoms with Gasteiger partial charge in [-0.3, -0.25) is 4.90 Å². The number of piperidine rings is 1. The first-order valence-corrected chi connectivity index (χ1v) is 10.4. The maximum atomic E-state index is 13.0. The third-order valence-corrected chi connectivity index (χ3v) is 5.69. The van der Waals surface area contributed by atoms with Crippen LogP contribution in [0.4, 0.5) is 4.79 Å². The van der Waals surface area contributed by atoms with Crippen molar-refractivity contribution >= 4 is 12.0 Å². The lowest BCUT2D eigenvalue weighted by Crippen LogP contribution is -2.50. The van der Waals surface area contributed by atoms with Crippen molar-refractivity contribution in [3.8, 4) is 11.5 Å². The van der Waals surface area contributed by atoms with Crippen molar-refractivity contribution in [2.45, 2.75) is 45.2 Å². The number of benzene rings is 1. The lowest BCUT2D eigenvalue weighted by Gasteiger charge is -2.36. The van der Waals surface area contributed by atoms with E-state index in [4.69, 9.17) is 14.2 Å². The molecule has 3 rings (SSSR count). The number of nitrogens with zero attached hydrogens (tertiary/aromatic N) is 1. The summed E-state index contributed by atoms with van der Waals surface area (Å²) in [4.78, 5) is 27.8. The Morgan fingerprint density at radius 3 is 2.63 bits per heavy atom. The van der Waals surface area contributed by atoms with Crippen LogP contribution in [0.1, 0.15) is 44.7 Å². The standard InChI is InChI=1S/C22H31N3O5/c1-5-30-21(26)19-16(13-25-11-7-6-8-14(25)2)23-22(27)24-20(19)15-9-10-17(28-3)18(12-15)29-4/h9-10,12,14,20H,5-8,11,13H2,1-4H3,(H2,23,24,27)/t14-,20+/m0/s1. The van der Waals surface area contributed by atoms with Crippen LogP contribution in [0.15, 0.2) is 29.5 Å². The molecule has 1 aromatic carbocycles. The first-order valence-electron chi connectivity index (χ1n) is 10.4. The van der Waals surface area contributed by atoms with Crippen LogP contribution in [0.3, 0.4) is 0 Å². The van der Waals surface area contributed by atoms with Gasteiger partial charge in [-0.1, -0.05) is 12.5 Å². The summed E-state index contributed by atoms with van der Waals surface area (Å²) in [5.41, 5.74) is 1.72. The van der Waals surface area contributed by atoms with E-state index in [0.717, 1.165) is 24.9 Å². The molecule has 8 nitrogen and oxygen atoms in total. The molecule has 164 valence electrons. The summed E-state index contributed by atoms with van der Waals surface area (Å²) in [7, 11) is 3.11. The quantitative estimate of drug-likeness (QED) is 0.663. The average molecular weight is 418 g/mol. The number of amides is 2. The van der Waals surface area contributed by atoms with Crippen molar-refractivity contribution < 1.29 is 23.8 Å². The van der Waals surface area contributed by atoms with Gasteiger partial charge in [0.15, 0.2) is 11.5 Å². The van der Waals surface area contributed by atoms with Gasteiger partial charge in [-0.05, 0) is 50.9 Å². The second kappa shape index (κ2) is 9.84. The molecule has 1 saturated heterocycles. The van der Waals surface area contributed by atoms with Crippen LogP contribution in [0.2, 0.25) is 0 Å². The number of methoxy groups -OCH3 is 2. The molecule has 30 heavy (non-hydrogen) atoms. The third-order valence-electron chi connectivity index (χ3n) is 5.69. The molecule has 0 radical (unpaired) electrons. The molecule has 0 spiro atoms. The Morgan fingerprint density at radius 2 is 1.97 bits per heavy atom. The average Bonchev–Trinajstić information content (AvgIpc) is 2.74. The second-order valence-corrected chi connectivity index (χ2v) is 7.57. The molecule has 0 saturated carbocycles. The van der Waals surface area contributed by atoms with Crippen molar-refractivity contribution in [2.24, 2.45) is 0 Å². The van der Waals surface area contributed by atoms with Crippen LogP contribution in [-0.4, -0.2) is 56.9 Å². The van der Waals surface area contributed by atoms with E-state index in [1.54, 1.807) is 33.3 Å². The Morgan fingerprint density at radius 1 is 1.20 bits per heavy atom. The first-order chi connectivity index (χ1) is 14.5. The molecule has 0 aromatic heterocycles. The van der Waals surface area contributed by atoms with Crippen molar-refractivity contribution in [1.82, 2.24) is 15.5 Å². The molecule has 2 aliphatic rings. The summed E-state index contributed by atoms with van der Waals surface area (Å²) in [5.74, 6) is 0.659. The maximum absolute atomic E-state index is 13.0. The fraction of sp³-hybridized carbons (Fsp3) is 0.545. The van der Waals surface area contributed by atoms with Crippen molar-refractivity contribution in [3.05, 3.63) is 35.0 Å². The minimum Gasteiger partial charge on any atom is -0.493 e. The van der Waals surface area contributed by atoms with E-state index >= 15 is 0 Å². The molecule has 0 bridgehead atoms. The molecular formula is C22H31N3O5. The molecular weight excluding hydrogens is 386 g/mol.